The van der Waals surface area contributed by atoms with Gasteiger partial charge in [0.25, 0.3) is 10.0 Å². The second-order valence-electron chi connectivity index (χ2n) is 10.7. The number of carbonyl (C=O) groups excluding carboxylic acids is 3. The standard InChI is InChI=1S/C26H34ClN5O5S3/c27-22-7-5-20(38-22)21-6-8-24(39-21)40(36,37)29-19-4-2-11-31(26(19)35)16-23(33)32-12-1-3-18(32)15-30-13-9-17(10-14-30)25(28)34/h5-8,17-19,29H,1-4,9-16H2,(H2,28,34). The Morgan fingerprint density at radius 3 is 2.38 bits per heavy atom. The number of hydrogen-bond acceptors (Lipinski definition) is 8. The quantitative estimate of drug-likeness (QED) is 0.439. The fourth-order valence-corrected chi connectivity index (χ4v) is 9.48. The van der Waals surface area contributed by atoms with Crippen LogP contribution in [0.5, 0.6) is 0 Å². The molecule has 3 saturated heterocycles. The monoisotopic (exact) mass is 627 g/mol. The van der Waals surface area contributed by atoms with Crippen LogP contribution in [-0.2, 0) is 24.4 Å². The predicted octanol–water partition coefficient (Wildman–Crippen LogP) is 2.59. The van der Waals surface area contributed by atoms with Crippen molar-refractivity contribution in [2.24, 2.45) is 11.7 Å². The third-order valence-corrected chi connectivity index (χ3v) is 12.4. The van der Waals surface area contributed by atoms with Crippen molar-refractivity contribution in [1.29, 1.82) is 0 Å². The van der Waals surface area contributed by atoms with Crippen LogP contribution in [0.3, 0.4) is 0 Å². The van der Waals surface area contributed by atoms with Gasteiger partial charge in [0.15, 0.2) is 0 Å². The molecule has 10 nitrogen and oxygen atoms in total. The summed E-state index contributed by atoms with van der Waals surface area (Å²) in [6.45, 7) is 3.32. The molecule has 218 valence electrons. The molecule has 3 N–H and O–H groups in total. The molecule has 2 aromatic heterocycles. The number of halogens is 1. The molecule has 0 aromatic carbocycles. The first-order valence-electron chi connectivity index (χ1n) is 13.6. The molecule has 5 rings (SSSR count). The Balaban J connectivity index is 1.16. The number of likely N-dealkylation sites (tertiary alicyclic amines) is 3. The number of thiophene rings is 2. The molecule has 0 saturated carbocycles. The number of nitrogens with zero attached hydrogens (tertiary/aromatic N) is 3. The second kappa shape index (κ2) is 12.5. The summed E-state index contributed by atoms with van der Waals surface area (Å²) < 4.78 is 29.6. The minimum atomic E-state index is -3.91. The van der Waals surface area contributed by atoms with Gasteiger partial charge >= 0.3 is 0 Å². The average Bonchev–Trinajstić information content (AvgIpc) is 3.68. The maximum atomic E-state index is 13.3. The molecule has 5 heterocycles. The highest BCUT2D eigenvalue weighted by molar-refractivity contribution is 7.91. The lowest BCUT2D eigenvalue weighted by Gasteiger charge is -2.36. The third kappa shape index (κ3) is 6.71. The average molecular weight is 628 g/mol. The van der Waals surface area contributed by atoms with Crippen molar-refractivity contribution >= 4 is 62.0 Å². The van der Waals surface area contributed by atoms with E-state index in [0.29, 0.717) is 30.3 Å². The summed E-state index contributed by atoms with van der Waals surface area (Å²) in [5.41, 5.74) is 5.45. The third-order valence-electron chi connectivity index (χ3n) is 7.97. The summed E-state index contributed by atoms with van der Waals surface area (Å²) in [5, 5.41) is 0. The number of sulfonamides is 1. The number of primary amides is 1. The summed E-state index contributed by atoms with van der Waals surface area (Å²) in [7, 11) is -3.91. The highest BCUT2D eigenvalue weighted by atomic mass is 35.5. The molecule has 3 amide bonds. The van der Waals surface area contributed by atoms with E-state index < -0.39 is 16.1 Å². The minimum absolute atomic E-state index is 0.0560. The summed E-state index contributed by atoms with van der Waals surface area (Å²) in [4.78, 5) is 45.4. The van der Waals surface area contributed by atoms with Crippen LogP contribution in [0.4, 0.5) is 0 Å². The number of rotatable bonds is 9. The Morgan fingerprint density at radius 1 is 0.975 bits per heavy atom. The largest absolute Gasteiger partial charge is 0.369 e. The summed E-state index contributed by atoms with van der Waals surface area (Å²) in [5.74, 6) is -0.791. The van der Waals surface area contributed by atoms with Crippen molar-refractivity contribution in [3.63, 3.8) is 0 Å². The molecule has 3 aliphatic rings. The molecule has 0 bridgehead atoms. The smallest absolute Gasteiger partial charge is 0.250 e. The van der Waals surface area contributed by atoms with E-state index in [1.165, 1.54) is 22.3 Å². The topological polar surface area (TPSA) is 133 Å². The van der Waals surface area contributed by atoms with Crippen LogP contribution in [0.1, 0.15) is 38.5 Å². The number of carbonyl (C=O) groups is 3. The van der Waals surface area contributed by atoms with Gasteiger partial charge in [-0.2, -0.15) is 4.72 Å². The van der Waals surface area contributed by atoms with E-state index >= 15 is 0 Å². The van der Waals surface area contributed by atoms with E-state index in [0.717, 1.165) is 66.4 Å². The molecule has 14 heteroatoms. The second-order valence-corrected chi connectivity index (χ2v) is 15.4. The van der Waals surface area contributed by atoms with Crippen LogP contribution in [0.15, 0.2) is 28.5 Å². The van der Waals surface area contributed by atoms with Crippen molar-refractivity contribution in [2.45, 2.75) is 54.8 Å². The molecule has 3 fully saturated rings. The fourth-order valence-electron chi connectivity index (χ4n) is 5.80. The lowest BCUT2D eigenvalue weighted by Crippen LogP contribution is -2.55. The van der Waals surface area contributed by atoms with Gasteiger partial charge in [0.2, 0.25) is 17.7 Å². The SMILES string of the molecule is NC(=O)C1CCN(CC2CCCN2C(=O)CN2CCCC(NS(=O)(=O)c3ccc(-c4ccc(Cl)s4)s3)C2=O)CC1. The number of nitrogens with two attached hydrogens (primary N) is 1. The Labute approximate surface area is 247 Å². The number of amides is 3. The molecular weight excluding hydrogens is 594 g/mol. The Kier molecular flexibility index (Phi) is 9.17. The van der Waals surface area contributed by atoms with Gasteiger partial charge in [0, 0.05) is 41.3 Å². The normalized spacial score (nSPS) is 23.2. The van der Waals surface area contributed by atoms with Gasteiger partial charge < -0.3 is 20.4 Å². The molecule has 40 heavy (non-hydrogen) atoms. The zero-order chi connectivity index (χ0) is 28.4. The summed E-state index contributed by atoms with van der Waals surface area (Å²) in [6.07, 6.45) is 4.28. The van der Waals surface area contributed by atoms with E-state index in [1.54, 1.807) is 12.1 Å². The Morgan fingerprint density at radius 2 is 1.68 bits per heavy atom. The molecule has 0 aliphatic carbocycles. The van der Waals surface area contributed by atoms with Crippen LogP contribution in [0.25, 0.3) is 9.75 Å². The maximum Gasteiger partial charge on any atom is 0.250 e. The van der Waals surface area contributed by atoms with E-state index in [-0.39, 0.29) is 40.4 Å². The first kappa shape index (κ1) is 29.5. The molecule has 0 spiro atoms. The zero-order valence-corrected chi connectivity index (χ0v) is 25.3. The predicted molar refractivity (Wildman–Crippen MR) is 156 cm³/mol. The zero-order valence-electron chi connectivity index (χ0n) is 22.1. The molecule has 3 aliphatic heterocycles. The molecule has 2 aromatic rings. The van der Waals surface area contributed by atoms with Crippen molar-refractivity contribution in [1.82, 2.24) is 19.4 Å². The highest BCUT2D eigenvalue weighted by Gasteiger charge is 2.37. The van der Waals surface area contributed by atoms with E-state index in [9.17, 15) is 22.8 Å². The van der Waals surface area contributed by atoms with Crippen LogP contribution < -0.4 is 10.5 Å². The Bertz CT molecular complexity index is 1350. The van der Waals surface area contributed by atoms with Crippen LogP contribution in [0, 0.1) is 5.92 Å². The van der Waals surface area contributed by atoms with E-state index in [2.05, 4.69) is 9.62 Å². The maximum absolute atomic E-state index is 13.3. The number of piperidine rings is 2. The van der Waals surface area contributed by atoms with Crippen LogP contribution in [-0.4, -0.2) is 92.2 Å². The van der Waals surface area contributed by atoms with Gasteiger partial charge in [-0.1, -0.05) is 11.6 Å². The van der Waals surface area contributed by atoms with Gasteiger partial charge in [-0.25, -0.2) is 8.42 Å². The van der Waals surface area contributed by atoms with E-state index in [4.69, 9.17) is 17.3 Å². The van der Waals surface area contributed by atoms with Gasteiger partial charge in [0.1, 0.15) is 10.3 Å². The van der Waals surface area contributed by atoms with Crippen LogP contribution >= 0.6 is 34.3 Å². The van der Waals surface area contributed by atoms with Gasteiger partial charge in [-0.3, -0.25) is 14.4 Å². The molecule has 2 atom stereocenters. The van der Waals surface area contributed by atoms with Gasteiger partial charge in [-0.05, 0) is 75.9 Å². The van der Waals surface area contributed by atoms with Gasteiger partial charge in [-0.15, -0.1) is 22.7 Å². The number of nitrogens with one attached hydrogen (secondary N) is 1. The van der Waals surface area contributed by atoms with Crippen molar-refractivity contribution in [3.05, 3.63) is 28.6 Å². The Hall–Kier alpha value is -2.03. The fraction of sp³-hybridized carbons (Fsp3) is 0.577. The lowest BCUT2D eigenvalue weighted by molar-refractivity contribution is -0.143. The minimum Gasteiger partial charge on any atom is -0.369 e. The highest BCUT2D eigenvalue weighted by Crippen LogP contribution is 2.37. The molecule has 0 radical (unpaired) electrons. The van der Waals surface area contributed by atoms with Gasteiger partial charge in [0.05, 0.1) is 10.9 Å². The summed E-state index contributed by atoms with van der Waals surface area (Å²) in [6, 6.07) is 6.05. The number of hydrogen-bond donors (Lipinski definition) is 2. The molecular formula is C26H34ClN5O5S3. The van der Waals surface area contributed by atoms with E-state index in [1.807, 2.05) is 11.0 Å². The van der Waals surface area contributed by atoms with Crippen molar-refractivity contribution in [2.75, 3.05) is 39.3 Å². The van der Waals surface area contributed by atoms with Crippen molar-refractivity contribution < 1.29 is 22.8 Å². The van der Waals surface area contributed by atoms with Crippen molar-refractivity contribution in [3.8, 4) is 9.75 Å². The lowest BCUT2D eigenvalue weighted by atomic mass is 9.96. The first-order chi connectivity index (χ1) is 19.1. The summed E-state index contributed by atoms with van der Waals surface area (Å²) >= 11 is 8.52. The molecule has 2 unspecified atom stereocenters. The first-order valence-corrected chi connectivity index (χ1v) is 17.1. The van der Waals surface area contributed by atoms with Crippen LogP contribution in [0.2, 0.25) is 4.34 Å².